The highest BCUT2D eigenvalue weighted by Crippen LogP contribution is 2.31. The molecule has 1 atom stereocenters. The second kappa shape index (κ2) is 5.52. The van der Waals surface area contributed by atoms with Crippen molar-refractivity contribution in [1.82, 2.24) is 0 Å². The summed E-state index contributed by atoms with van der Waals surface area (Å²) in [5.41, 5.74) is 0.911. The van der Waals surface area contributed by atoms with Crippen LogP contribution in [0.5, 0.6) is 5.75 Å². The van der Waals surface area contributed by atoms with E-state index in [9.17, 15) is 5.11 Å². The van der Waals surface area contributed by atoms with Gasteiger partial charge in [0.1, 0.15) is 5.75 Å². The summed E-state index contributed by atoms with van der Waals surface area (Å²) in [6.07, 6.45) is -0.435. The van der Waals surface area contributed by atoms with E-state index in [4.69, 9.17) is 4.74 Å². The molecule has 0 saturated carbocycles. The third kappa shape index (κ3) is 3.21. The minimum absolute atomic E-state index is 0.208. The number of benzene rings is 1. The Morgan fingerprint density at radius 1 is 1.40 bits per heavy atom. The largest absolute Gasteiger partial charge is 0.494 e. The fourth-order valence-corrected chi connectivity index (χ4v) is 1.96. The van der Waals surface area contributed by atoms with E-state index in [0.717, 1.165) is 15.8 Å². The highest BCUT2D eigenvalue weighted by atomic mass is 79.9. The summed E-state index contributed by atoms with van der Waals surface area (Å²) < 4.78 is 6.27. The molecule has 0 aliphatic rings. The molecule has 1 aromatic rings. The van der Waals surface area contributed by atoms with E-state index in [-0.39, 0.29) is 5.92 Å². The van der Waals surface area contributed by atoms with Crippen molar-refractivity contribution in [3.8, 4) is 5.75 Å². The standard InChI is InChI=1S/C12H17BrO2/c1-4-15-9-5-6-10(11(13)7-9)12(14)8(2)3/h5-8,12,14H,4H2,1-3H3. The molecule has 0 amide bonds. The molecule has 1 rings (SSSR count). The summed E-state index contributed by atoms with van der Waals surface area (Å²) in [7, 11) is 0. The van der Waals surface area contributed by atoms with Gasteiger partial charge in [0.2, 0.25) is 0 Å². The van der Waals surface area contributed by atoms with Crippen LogP contribution in [0.4, 0.5) is 0 Å². The monoisotopic (exact) mass is 272 g/mol. The second-order valence-corrected chi connectivity index (χ2v) is 4.66. The Morgan fingerprint density at radius 3 is 2.53 bits per heavy atom. The molecule has 0 radical (unpaired) electrons. The van der Waals surface area contributed by atoms with Crippen molar-refractivity contribution in [1.29, 1.82) is 0 Å². The van der Waals surface area contributed by atoms with Gasteiger partial charge in [0, 0.05) is 4.47 Å². The second-order valence-electron chi connectivity index (χ2n) is 3.81. The van der Waals surface area contributed by atoms with Gasteiger partial charge < -0.3 is 9.84 Å². The number of hydrogen-bond donors (Lipinski definition) is 1. The first-order valence-electron chi connectivity index (χ1n) is 5.16. The molecule has 1 aromatic carbocycles. The zero-order valence-electron chi connectivity index (χ0n) is 9.33. The zero-order chi connectivity index (χ0) is 11.4. The molecule has 0 saturated heterocycles. The first-order valence-corrected chi connectivity index (χ1v) is 5.95. The average Bonchev–Trinajstić information content (AvgIpc) is 2.17. The molecule has 1 N–H and O–H groups in total. The molecule has 0 aromatic heterocycles. The molecule has 0 aliphatic carbocycles. The van der Waals surface area contributed by atoms with Crippen molar-refractivity contribution in [3.63, 3.8) is 0 Å². The fourth-order valence-electron chi connectivity index (χ4n) is 1.36. The van der Waals surface area contributed by atoms with Gasteiger partial charge in [-0.25, -0.2) is 0 Å². The van der Waals surface area contributed by atoms with Crippen LogP contribution < -0.4 is 4.74 Å². The smallest absolute Gasteiger partial charge is 0.120 e. The van der Waals surface area contributed by atoms with Crippen LogP contribution in [0.2, 0.25) is 0 Å². The van der Waals surface area contributed by atoms with E-state index in [2.05, 4.69) is 15.9 Å². The van der Waals surface area contributed by atoms with Gasteiger partial charge in [-0.3, -0.25) is 0 Å². The van der Waals surface area contributed by atoms with Crippen LogP contribution in [-0.4, -0.2) is 11.7 Å². The van der Waals surface area contributed by atoms with Gasteiger partial charge in [-0.1, -0.05) is 35.8 Å². The highest BCUT2D eigenvalue weighted by Gasteiger charge is 2.15. The van der Waals surface area contributed by atoms with Gasteiger partial charge >= 0.3 is 0 Å². The summed E-state index contributed by atoms with van der Waals surface area (Å²) in [4.78, 5) is 0. The molecule has 0 heterocycles. The molecule has 1 unspecified atom stereocenters. The third-order valence-electron chi connectivity index (χ3n) is 2.23. The van der Waals surface area contributed by atoms with Gasteiger partial charge in [0.05, 0.1) is 12.7 Å². The van der Waals surface area contributed by atoms with Gasteiger partial charge in [0.25, 0.3) is 0 Å². The lowest BCUT2D eigenvalue weighted by atomic mass is 9.99. The molecule has 0 fully saturated rings. The van der Waals surface area contributed by atoms with Crippen LogP contribution in [0.25, 0.3) is 0 Å². The van der Waals surface area contributed by atoms with Crippen molar-refractivity contribution in [2.24, 2.45) is 5.92 Å². The third-order valence-corrected chi connectivity index (χ3v) is 2.92. The Labute approximate surface area is 99.4 Å². The molecule has 15 heavy (non-hydrogen) atoms. The molecule has 0 bridgehead atoms. The zero-order valence-corrected chi connectivity index (χ0v) is 10.9. The van der Waals surface area contributed by atoms with Crippen molar-refractivity contribution >= 4 is 15.9 Å². The maximum Gasteiger partial charge on any atom is 0.120 e. The van der Waals surface area contributed by atoms with Crippen molar-refractivity contribution in [3.05, 3.63) is 28.2 Å². The fraction of sp³-hybridized carbons (Fsp3) is 0.500. The Kier molecular flexibility index (Phi) is 4.61. The van der Waals surface area contributed by atoms with Crippen LogP contribution in [0.3, 0.4) is 0 Å². The SMILES string of the molecule is CCOc1ccc(C(O)C(C)C)c(Br)c1. The van der Waals surface area contributed by atoms with E-state index >= 15 is 0 Å². The van der Waals surface area contributed by atoms with Crippen molar-refractivity contribution < 1.29 is 9.84 Å². The summed E-state index contributed by atoms with van der Waals surface area (Å²) >= 11 is 3.45. The molecule has 2 nitrogen and oxygen atoms in total. The quantitative estimate of drug-likeness (QED) is 0.909. The van der Waals surface area contributed by atoms with E-state index < -0.39 is 6.10 Å². The summed E-state index contributed by atoms with van der Waals surface area (Å²) in [6, 6.07) is 5.68. The van der Waals surface area contributed by atoms with Gasteiger partial charge in [-0.05, 0) is 30.5 Å². The van der Waals surface area contributed by atoms with E-state index in [1.165, 1.54) is 0 Å². The van der Waals surface area contributed by atoms with Gasteiger partial charge in [-0.15, -0.1) is 0 Å². The van der Waals surface area contributed by atoms with E-state index in [1.54, 1.807) is 0 Å². The van der Waals surface area contributed by atoms with Gasteiger partial charge in [-0.2, -0.15) is 0 Å². The number of halogens is 1. The average molecular weight is 273 g/mol. The number of ether oxygens (including phenoxy) is 1. The summed E-state index contributed by atoms with van der Waals surface area (Å²) in [5.74, 6) is 1.03. The summed E-state index contributed by atoms with van der Waals surface area (Å²) in [6.45, 7) is 6.59. The predicted octanol–water partition coefficient (Wildman–Crippen LogP) is 3.54. The molecule has 3 heteroatoms. The minimum atomic E-state index is -0.435. The number of rotatable bonds is 4. The van der Waals surface area contributed by atoms with Crippen LogP contribution in [0, 0.1) is 5.92 Å². The van der Waals surface area contributed by atoms with Crippen molar-refractivity contribution in [2.45, 2.75) is 26.9 Å². The van der Waals surface area contributed by atoms with E-state index in [1.807, 2.05) is 39.0 Å². The minimum Gasteiger partial charge on any atom is -0.494 e. The maximum atomic E-state index is 9.93. The Hall–Kier alpha value is -0.540. The first kappa shape index (κ1) is 12.5. The van der Waals surface area contributed by atoms with Crippen LogP contribution in [-0.2, 0) is 0 Å². The normalized spacial score (nSPS) is 12.9. The molecule has 0 spiro atoms. The molecular weight excluding hydrogens is 256 g/mol. The number of hydrogen-bond acceptors (Lipinski definition) is 2. The number of aliphatic hydroxyl groups is 1. The van der Waals surface area contributed by atoms with E-state index in [0.29, 0.717) is 6.61 Å². The highest BCUT2D eigenvalue weighted by molar-refractivity contribution is 9.10. The van der Waals surface area contributed by atoms with Crippen molar-refractivity contribution in [2.75, 3.05) is 6.61 Å². The number of aliphatic hydroxyl groups excluding tert-OH is 1. The Balaban J connectivity index is 2.92. The van der Waals surface area contributed by atoms with Crippen LogP contribution in [0.15, 0.2) is 22.7 Å². The molecule has 0 aliphatic heterocycles. The molecule has 84 valence electrons. The van der Waals surface area contributed by atoms with Crippen LogP contribution in [0.1, 0.15) is 32.4 Å². The predicted molar refractivity (Wildman–Crippen MR) is 65.1 cm³/mol. The Bertz CT molecular complexity index is 323. The van der Waals surface area contributed by atoms with Gasteiger partial charge in [0.15, 0.2) is 0 Å². The first-order chi connectivity index (χ1) is 7.06. The van der Waals surface area contributed by atoms with Crippen LogP contribution >= 0.6 is 15.9 Å². The Morgan fingerprint density at radius 2 is 2.07 bits per heavy atom. The summed E-state index contributed by atoms with van der Waals surface area (Å²) in [5, 5.41) is 9.93. The maximum absolute atomic E-state index is 9.93. The molecular formula is C12H17BrO2. The lowest BCUT2D eigenvalue weighted by molar-refractivity contribution is 0.126. The lowest BCUT2D eigenvalue weighted by Crippen LogP contribution is -2.06. The lowest BCUT2D eigenvalue weighted by Gasteiger charge is -2.17. The topological polar surface area (TPSA) is 29.5 Å².